The van der Waals surface area contributed by atoms with Crippen molar-refractivity contribution in [1.82, 2.24) is 5.32 Å². The number of nitrogens with one attached hydrogen (secondary N) is 2. The minimum absolute atomic E-state index is 0.134. The van der Waals surface area contributed by atoms with Crippen LogP contribution in [0.1, 0.15) is 12.0 Å². The highest BCUT2D eigenvalue weighted by Crippen LogP contribution is 2.45. The van der Waals surface area contributed by atoms with Crippen molar-refractivity contribution in [2.45, 2.75) is 11.8 Å². The smallest absolute Gasteiger partial charge is 0.236 e. The quantitative estimate of drug-likeness (QED) is 0.750. The molecule has 2 heterocycles. The van der Waals surface area contributed by atoms with Gasteiger partial charge in [0.2, 0.25) is 5.91 Å². The van der Waals surface area contributed by atoms with Gasteiger partial charge in [0.25, 0.3) is 0 Å². The number of hydrogen-bond donors (Lipinski definition) is 2. The van der Waals surface area contributed by atoms with Crippen molar-refractivity contribution in [3.8, 4) is 0 Å². The molecular formula is C11H11BrN2O. The normalized spacial score (nSPS) is 28.2. The lowest BCUT2D eigenvalue weighted by atomic mass is 9.81. The van der Waals surface area contributed by atoms with Gasteiger partial charge < -0.3 is 10.6 Å². The maximum atomic E-state index is 12.0. The predicted octanol–water partition coefficient (Wildman–Crippen LogP) is 1.63. The van der Waals surface area contributed by atoms with E-state index in [1.807, 2.05) is 18.2 Å². The van der Waals surface area contributed by atoms with Crippen LogP contribution in [0.15, 0.2) is 22.7 Å². The third kappa shape index (κ3) is 1.12. The van der Waals surface area contributed by atoms with Crippen LogP contribution in [0.2, 0.25) is 0 Å². The van der Waals surface area contributed by atoms with Crippen LogP contribution in [0.5, 0.6) is 0 Å². The molecule has 78 valence electrons. The Balaban J connectivity index is 2.24. The van der Waals surface area contributed by atoms with Gasteiger partial charge in [0.1, 0.15) is 0 Å². The first-order valence-corrected chi connectivity index (χ1v) is 5.84. The summed E-state index contributed by atoms with van der Waals surface area (Å²) in [6, 6.07) is 5.91. The number of halogens is 1. The second kappa shape index (κ2) is 3.06. The first kappa shape index (κ1) is 9.36. The number of rotatable bonds is 0. The molecule has 3 rings (SSSR count). The Morgan fingerprint density at radius 2 is 2.27 bits per heavy atom. The second-order valence-corrected chi connectivity index (χ2v) is 4.98. The van der Waals surface area contributed by atoms with Crippen LogP contribution < -0.4 is 10.6 Å². The Bertz CT molecular complexity index is 438. The van der Waals surface area contributed by atoms with Crippen LogP contribution >= 0.6 is 15.9 Å². The lowest BCUT2D eigenvalue weighted by molar-refractivity contribution is -0.120. The first-order valence-electron chi connectivity index (χ1n) is 5.05. The molecule has 1 aromatic carbocycles. The van der Waals surface area contributed by atoms with Crippen molar-refractivity contribution in [2.75, 3.05) is 18.4 Å². The Morgan fingerprint density at radius 1 is 1.40 bits per heavy atom. The highest BCUT2D eigenvalue weighted by molar-refractivity contribution is 9.10. The molecule has 3 nitrogen and oxygen atoms in total. The first-order chi connectivity index (χ1) is 7.24. The molecule has 0 radical (unpaired) electrons. The zero-order chi connectivity index (χ0) is 10.5. The molecule has 0 saturated carbocycles. The zero-order valence-corrected chi connectivity index (χ0v) is 9.73. The molecule has 1 fully saturated rings. The Morgan fingerprint density at radius 3 is 3.00 bits per heavy atom. The van der Waals surface area contributed by atoms with E-state index in [0.717, 1.165) is 35.2 Å². The Labute approximate surface area is 96.4 Å². The molecule has 0 bridgehead atoms. The fourth-order valence-corrected chi connectivity index (χ4v) is 3.31. The van der Waals surface area contributed by atoms with Crippen molar-refractivity contribution >= 4 is 27.5 Å². The van der Waals surface area contributed by atoms with E-state index in [1.165, 1.54) is 0 Å². The lowest BCUT2D eigenvalue weighted by Crippen LogP contribution is -2.36. The fourth-order valence-electron chi connectivity index (χ4n) is 2.57. The van der Waals surface area contributed by atoms with Gasteiger partial charge in [-0.3, -0.25) is 4.79 Å². The van der Waals surface area contributed by atoms with Crippen molar-refractivity contribution in [1.29, 1.82) is 0 Å². The van der Waals surface area contributed by atoms with Crippen LogP contribution in [0, 0.1) is 0 Å². The molecule has 0 unspecified atom stereocenters. The molecule has 4 heteroatoms. The molecule has 0 aliphatic carbocycles. The highest BCUT2D eigenvalue weighted by Gasteiger charge is 2.49. The van der Waals surface area contributed by atoms with E-state index in [-0.39, 0.29) is 11.3 Å². The topological polar surface area (TPSA) is 41.1 Å². The van der Waals surface area contributed by atoms with Crippen molar-refractivity contribution in [2.24, 2.45) is 0 Å². The average Bonchev–Trinajstić information content (AvgIpc) is 2.77. The fraction of sp³-hybridized carbons (Fsp3) is 0.364. The van der Waals surface area contributed by atoms with Gasteiger partial charge in [-0.2, -0.15) is 0 Å². The van der Waals surface area contributed by atoms with E-state index in [2.05, 4.69) is 26.6 Å². The van der Waals surface area contributed by atoms with Gasteiger partial charge >= 0.3 is 0 Å². The molecule has 2 aliphatic heterocycles. The van der Waals surface area contributed by atoms with Crippen LogP contribution in [0.25, 0.3) is 0 Å². The van der Waals surface area contributed by atoms with Crippen LogP contribution in [0.4, 0.5) is 5.69 Å². The minimum atomic E-state index is -0.338. The van der Waals surface area contributed by atoms with Gasteiger partial charge in [-0.1, -0.05) is 22.0 Å². The third-order valence-corrected chi connectivity index (χ3v) is 3.99. The number of fused-ring (bicyclic) bond motifs is 2. The number of carbonyl (C=O) groups excluding carboxylic acids is 1. The third-order valence-electron chi connectivity index (χ3n) is 3.33. The maximum Gasteiger partial charge on any atom is 0.236 e. The monoisotopic (exact) mass is 266 g/mol. The zero-order valence-electron chi connectivity index (χ0n) is 8.14. The van der Waals surface area contributed by atoms with Crippen LogP contribution in [-0.2, 0) is 10.2 Å². The molecule has 1 spiro atoms. The van der Waals surface area contributed by atoms with E-state index in [1.54, 1.807) is 0 Å². The number of amides is 1. The highest BCUT2D eigenvalue weighted by atomic mass is 79.9. The van der Waals surface area contributed by atoms with E-state index in [0.29, 0.717) is 0 Å². The summed E-state index contributed by atoms with van der Waals surface area (Å²) >= 11 is 3.54. The lowest BCUT2D eigenvalue weighted by Gasteiger charge is -2.20. The standard InChI is InChI=1S/C11H11BrN2O/c12-7-2-1-3-8-9(7)11(10(15)14-8)4-5-13-6-11/h1-3,13H,4-6H2,(H,14,15)/t11-/m1/s1. The summed E-state index contributed by atoms with van der Waals surface area (Å²) in [5, 5.41) is 6.23. The maximum absolute atomic E-state index is 12.0. The molecule has 2 aliphatic rings. The summed E-state index contributed by atoms with van der Waals surface area (Å²) in [5.74, 6) is 0.134. The summed E-state index contributed by atoms with van der Waals surface area (Å²) in [5.41, 5.74) is 1.74. The molecule has 0 aromatic heterocycles. The number of carbonyl (C=O) groups is 1. The van der Waals surface area contributed by atoms with E-state index in [4.69, 9.17) is 0 Å². The SMILES string of the molecule is O=C1Nc2cccc(Br)c2[C@]12CCNC2. The summed E-state index contributed by atoms with van der Waals surface area (Å²) in [7, 11) is 0. The predicted molar refractivity (Wildman–Crippen MR) is 61.9 cm³/mol. The Kier molecular flexibility index (Phi) is 1.91. The molecule has 15 heavy (non-hydrogen) atoms. The molecular weight excluding hydrogens is 256 g/mol. The van der Waals surface area contributed by atoms with Gasteiger partial charge in [-0.05, 0) is 25.1 Å². The molecule has 1 saturated heterocycles. The van der Waals surface area contributed by atoms with Crippen LogP contribution in [0.3, 0.4) is 0 Å². The summed E-state index contributed by atoms with van der Waals surface area (Å²) < 4.78 is 1.03. The number of hydrogen-bond acceptors (Lipinski definition) is 2. The van der Waals surface area contributed by atoms with Gasteiger partial charge in [-0.25, -0.2) is 0 Å². The van der Waals surface area contributed by atoms with E-state index >= 15 is 0 Å². The number of benzene rings is 1. The van der Waals surface area contributed by atoms with Crippen molar-refractivity contribution in [3.63, 3.8) is 0 Å². The summed E-state index contributed by atoms with van der Waals surface area (Å²) in [6.45, 7) is 1.66. The number of anilines is 1. The van der Waals surface area contributed by atoms with Gasteiger partial charge in [-0.15, -0.1) is 0 Å². The largest absolute Gasteiger partial charge is 0.325 e. The molecule has 2 N–H and O–H groups in total. The van der Waals surface area contributed by atoms with Crippen LogP contribution in [-0.4, -0.2) is 19.0 Å². The minimum Gasteiger partial charge on any atom is -0.325 e. The Hall–Kier alpha value is -0.870. The summed E-state index contributed by atoms with van der Waals surface area (Å²) in [6.07, 6.45) is 0.883. The summed E-state index contributed by atoms with van der Waals surface area (Å²) in [4.78, 5) is 12.0. The van der Waals surface area contributed by atoms with Crippen molar-refractivity contribution < 1.29 is 4.79 Å². The molecule has 1 aromatic rings. The molecule has 1 atom stereocenters. The average molecular weight is 267 g/mol. The van der Waals surface area contributed by atoms with Gasteiger partial charge in [0.15, 0.2) is 0 Å². The molecule has 1 amide bonds. The van der Waals surface area contributed by atoms with Gasteiger partial charge in [0, 0.05) is 22.3 Å². The van der Waals surface area contributed by atoms with E-state index < -0.39 is 0 Å². The van der Waals surface area contributed by atoms with Crippen molar-refractivity contribution in [3.05, 3.63) is 28.2 Å². The van der Waals surface area contributed by atoms with Gasteiger partial charge in [0.05, 0.1) is 5.41 Å². The van der Waals surface area contributed by atoms with E-state index in [9.17, 15) is 4.79 Å². The second-order valence-electron chi connectivity index (χ2n) is 4.13.